The Kier molecular flexibility index (Phi) is 4.81. The highest BCUT2D eigenvalue weighted by Crippen LogP contribution is 2.21. The van der Waals surface area contributed by atoms with Crippen molar-refractivity contribution < 1.29 is 4.79 Å². The summed E-state index contributed by atoms with van der Waals surface area (Å²) in [5.74, 6) is 0.455. The third-order valence-electron chi connectivity index (χ3n) is 5.19. The van der Waals surface area contributed by atoms with E-state index in [0.29, 0.717) is 11.5 Å². The van der Waals surface area contributed by atoms with Crippen molar-refractivity contribution in [1.82, 2.24) is 14.5 Å². The van der Waals surface area contributed by atoms with Crippen LogP contribution in [0.3, 0.4) is 0 Å². The molecule has 6 heteroatoms. The first-order chi connectivity index (χ1) is 13.2. The lowest BCUT2D eigenvalue weighted by molar-refractivity contribution is 0.102. The third-order valence-corrected chi connectivity index (χ3v) is 5.19. The lowest BCUT2D eigenvalue weighted by atomic mass is 10.1. The number of hydrogen-bond donors (Lipinski definition) is 1. The van der Waals surface area contributed by atoms with E-state index in [9.17, 15) is 4.79 Å². The number of nitrogens with zero attached hydrogens (tertiary/aromatic N) is 4. The predicted molar refractivity (Wildman–Crippen MR) is 110 cm³/mol. The molecule has 1 saturated heterocycles. The standard InChI is InChI=1S/C21H25N5O/c1-3-26-19-7-5-4-6-18(19)22-21(26)23-20(27)16-8-10-17(11-9-16)25-14-12-24(2)13-15-25/h4-11H,3,12-15H2,1-2H3,(H,22,23,27). The fourth-order valence-electron chi connectivity index (χ4n) is 3.55. The molecule has 1 N–H and O–H groups in total. The van der Waals surface area contributed by atoms with Gasteiger partial charge in [0.1, 0.15) is 0 Å². The normalized spacial score (nSPS) is 15.3. The Hall–Kier alpha value is -2.86. The van der Waals surface area contributed by atoms with Crippen LogP contribution in [0, 0.1) is 0 Å². The van der Waals surface area contributed by atoms with Crippen LogP contribution in [0.4, 0.5) is 11.6 Å². The molecule has 2 heterocycles. The van der Waals surface area contributed by atoms with Crippen LogP contribution in [0.1, 0.15) is 17.3 Å². The second-order valence-electron chi connectivity index (χ2n) is 6.96. The summed E-state index contributed by atoms with van der Waals surface area (Å²) in [6.45, 7) is 6.96. The number of fused-ring (bicyclic) bond motifs is 1. The van der Waals surface area contributed by atoms with Crippen LogP contribution in [-0.2, 0) is 6.54 Å². The van der Waals surface area contributed by atoms with Gasteiger partial charge >= 0.3 is 0 Å². The van der Waals surface area contributed by atoms with Crippen molar-refractivity contribution in [3.05, 3.63) is 54.1 Å². The highest BCUT2D eigenvalue weighted by Gasteiger charge is 2.16. The number of aromatic nitrogens is 2. The molecule has 1 aromatic heterocycles. The van der Waals surface area contributed by atoms with E-state index in [-0.39, 0.29) is 5.91 Å². The SMILES string of the molecule is CCn1c(NC(=O)c2ccc(N3CCN(C)CC3)cc2)nc2ccccc21. The molecule has 27 heavy (non-hydrogen) atoms. The van der Waals surface area contributed by atoms with Crippen molar-refractivity contribution in [3.8, 4) is 0 Å². The summed E-state index contributed by atoms with van der Waals surface area (Å²) in [4.78, 5) is 22.0. The van der Waals surface area contributed by atoms with Crippen LogP contribution in [0.5, 0.6) is 0 Å². The highest BCUT2D eigenvalue weighted by atomic mass is 16.1. The Balaban J connectivity index is 1.50. The molecule has 3 aromatic rings. The highest BCUT2D eigenvalue weighted by molar-refractivity contribution is 6.04. The van der Waals surface area contributed by atoms with E-state index >= 15 is 0 Å². The molecule has 0 spiro atoms. The van der Waals surface area contributed by atoms with Crippen LogP contribution in [0.15, 0.2) is 48.5 Å². The van der Waals surface area contributed by atoms with E-state index in [2.05, 4.69) is 34.1 Å². The molecule has 0 bridgehead atoms. The molecule has 0 unspecified atom stereocenters. The van der Waals surface area contributed by atoms with Gasteiger partial charge in [-0.3, -0.25) is 10.1 Å². The predicted octanol–water partition coefficient (Wildman–Crippen LogP) is 3.06. The first kappa shape index (κ1) is 17.5. The van der Waals surface area contributed by atoms with E-state index in [1.807, 2.05) is 53.1 Å². The molecular formula is C21H25N5O. The molecule has 140 valence electrons. The van der Waals surface area contributed by atoms with Crippen molar-refractivity contribution in [3.63, 3.8) is 0 Å². The number of nitrogens with one attached hydrogen (secondary N) is 1. The summed E-state index contributed by atoms with van der Waals surface area (Å²) in [6.07, 6.45) is 0. The Bertz CT molecular complexity index is 939. The number of rotatable bonds is 4. The number of amides is 1. The van der Waals surface area contributed by atoms with Gasteiger partial charge in [0.2, 0.25) is 5.95 Å². The number of imidazole rings is 1. The fourth-order valence-corrected chi connectivity index (χ4v) is 3.55. The zero-order valence-corrected chi connectivity index (χ0v) is 15.9. The molecule has 0 radical (unpaired) electrons. The molecule has 6 nitrogen and oxygen atoms in total. The van der Waals surface area contributed by atoms with E-state index in [1.54, 1.807) is 0 Å². The van der Waals surface area contributed by atoms with Crippen LogP contribution in [-0.4, -0.2) is 53.6 Å². The number of likely N-dealkylation sites (N-methyl/N-ethyl adjacent to an activating group) is 1. The minimum Gasteiger partial charge on any atom is -0.369 e. The molecule has 0 aliphatic carbocycles. The number of aryl methyl sites for hydroxylation is 1. The topological polar surface area (TPSA) is 53.4 Å². The number of carbonyl (C=O) groups is 1. The average Bonchev–Trinajstić information content (AvgIpc) is 3.05. The monoisotopic (exact) mass is 363 g/mol. The van der Waals surface area contributed by atoms with Gasteiger partial charge in [0.25, 0.3) is 5.91 Å². The number of anilines is 2. The lowest BCUT2D eigenvalue weighted by Gasteiger charge is -2.34. The van der Waals surface area contributed by atoms with E-state index in [4.69, 9.17) is 0 Å². The second-order valence-corrected chi connectivity index (χ2v) is 6.96. The Labute approximate surface area is 159 Å². The van der Waals surface area contributed by atoms with Gasteiger partial charge < -0.3 is 14.4 Å². The van der Waals surface area contributed by atoms with Gasteiger partial charge in [0.15, 0.2) is 0 Å². The maximum Gasteiger partial charge on any atom is 0.257 e. The molecule has 0 saturated carbocycles. The zero-order chi connectivity index (χ0) is 18.8. The van der Waals surface area contributed by atoms with Crippen LogP contribution in [0.25, 0.3) is 11.0 Å². The minimum atomic E-state index is -0.134. The smallest absolute Gasteiger partial charge is 0.257 e. The quantitative estimate of drug-likeness (QED) is 0.774. The molecule has 1 amide bonds. The number of carbonyl (C=O) groups excluding carboxylic acids is 1. The molecule has 4 rings (SSSR count). The van der Waals surface area contributed by atoms with Gasteiger partial charge in [-0.25, -0.2) is 4.98 Å². The second kappa shape index (κ2) is 7.40. The molecule has 1 aliphatic heterocycles. The van der Waals surface area contributed by atoms with Gasteiger partial charge in [-0.2, -0.15) is 0 Å². The number of piperazine rings is 1. The summed E-state index contributed by atoms with van der Waals surface area (Å²) in [5.41, 5.74) is 3.73. The van der Waals surface area contributed by atoms with Gasteiger partial charge in [0.05, 0.1) is 11.0 Å². The van der Waals surface area contributed by atoms with Crippen molar-refractivity contribution >= 4 is 28.6 Å². The van der Waals surface area contributed by atoms with Crippen molar-refractivity contribution in [2.75, 3.05) is 43.4 Å². The minimum absolute atomic E-state index is 0.134. The van der Waals surface area contributed by atoms with E-state index in [0.717, 1.165) is 43.8 Å². The Morgan fingerprint density at radius 1 is 1.04 bits per heavy atom. The zero-order valence-electron chi connectivity index (χ0n) is 15.9. The summed E-state index contributed by atoms with van der Waals surface area (Å²) >= 11 is 0. The van der Waals surface area contributed by atoms with Gasteiger partial charge in [-0.15, -0.1) is 0 Å². The first-order valence-electron chi connectivity index (χ1n) is 9.46. The number of benzene rings is 2. The Morgan fingerprint density at radius 2 is 1.74 bits per heavy atom. The lowest BCUT2D eigenvalue weighted by Crippen LogP contribution is -2.44. The summed E-state index contributed by atoms with van der Waals surface area (Å²) < 4.78 is 2.02. The fraction of sp³-hybridized carbons (Fsp3) is 0.333. The van der Waals surface area contributed by atoms with Gasteiger partial charge in [0, 0.05) is 44.0 Å². The average molecular weight is 363 g/mol. The summed E-state index contributed by atoms with van der Waals surface area (Å²) in [6, 6.07) is 15.8. The van der Waals surface area contributed by atoms with Crippen LogP contribution < -0.4 is 10.2 Å². The maximum atomic E-state index is 12.7. The molecule has 1 aliphatic rings. The maximum absolute atomic E-state index is 12.7. The molecular weight excluding hydrogens is 338 g/mol. The molecule has 1 fully saturated rings. The molecule has 2 aromatic carbocycles. The molecule has 0 atom stereocenters. The summed E-state index contributed by atoms with van der Waals surface area (Å²) in [7, 11) is 2.15. The Morgan fingerprint density at radius 3 is 2.44 bits per heavy atom. The largest absolute Gasteiger partial charge is 0.369 e. The summed E-state index contributed by atoms with van der Waals surface area (Å²) in [5, 5.41) is 2.96. The van der Waals surface area contributed by atoms with Crippen LogP contribution in [0.2, 0.25) is 0 Å². The van der Waals surface area contributed by atoms with Crippen molar-refractivity contribution in [1.29, 1.82) is 0 Å². The first-order valence-corrected chi connectivity index (χ1v) is 9.46. The van der Waals surface area contributed by atoms with Crippen LogP contribution >= 0.6 is 0 Å². The number of hydrogen-bond acceptors (Lipinski definition) is 4. The van der Waals surface area contributed by atoms with Crippen molar-refractivity contribution in [2.45, 2.75) is 13.5 Å². The third kappa shape index (κ3) is 3.53. The van der Waals surface area contributed by atoms with Gasteiger partial charge in [-0.05, 0) is 50.4 Å². The van der Waals surface area contributed by atoms with E-state index < -0.39 is 0 Å². The number of para-hydroxylation sites is 2. The van der Waals surface area contributed by atoms with Crippen molar-refractivity contribution in [2.24, 2.45) is 0 Å². The van der Waals surface area contributed by atoms with E-state index in [1.165, 1.54) is 5.69 Å². The van der Waals surface area contributed by atoms with Gasteiger partial charge in [-0.1, -0.05) is 12.1 Å².